The van der Waals surface area contributed by atoms with Crippen LogP contribution in [0.1, 0.15) is 38.6 Å². The fourth-order valence-electron chi connectivity index (χ4n) is 3.65. The molecule has 0 radical (unpaired) electrons. The third-order valence-corrected chi connectivity index (χ3v) is 5.15. The number of pyridine rings is 1. The van der Waals surface area contributed by atoms with Gasteiger partial charge in [0.15, 0.2) is 0 Å². The van der Waals surface area contributed by atoms with Crippen LogP contribution in [0.2, 0.25) is 0 Å². The summed E-state index contributed by atoms with van der Waals surface area (Å²) in [6.45, 7) is 8.17. The molecule has 3 rings (SSSR count). The molecule has 0 unspecified atom stereocenters. The predicted octanol–water partition coefficient (Wildman–Crippen LogP) is 4.05. The van der Waals surface area contributed by atoms with Gasteiger partial charge in [0.25, 0.3) is 5.91 Å². The van der Waals surface area contributed by atoms with Gasteiger partial charge in [-0.15, -0.1) is 0 Å². The molecule has 0 aliphatic carbocycles. The van der Waals surface area contributed by atoms with E-state index in [1.807, 2.05) is 58.0 Å². The smallest absolute Gasteiger partial charge is 0.253 e. The lowest BCUT2D eigenvalue weighted by Gasteiger charge is -2.13. The first-order valence-electron chi connectivity index (χ1n) is 9.48. The zero-order valence-electron chi connectivity index (χ0n) is 17.8. The van der Waals surface area contributed by atoms with Crippen LogP contribution < -0.4 is 14.8 Å². The molecule has 3 aromatic rings. The SMILES string of the molecule is COc1cccc(-n2c(C)cc(C(=O)NCc3ncc(C)c(OC)c3C)c2C)c1. The average molecular weight is 393 g/mol. The summed E-state index contributed by atoms with van der Waals surface area (Å²) in [4.78, 5) is 17.3. The minimum absolute atomic E-state index is 0.131. The minimum Gasteiger partial charge on any atom is -0.497 e. The van der Waals surface area contributed by atoms with Gasteiger partial charge in [-0.1, -0.05) is 6.07 Å². The van der Waals surface area contributed by atoms with Gasteiger partial charge in [-0.25, -0.2) is 0 Å². The quantitative estimate of drug-likeness (QED) is 0.686. The maximum absolute atomic E-state index is 12.9. The summed E-state index contributed by atoms with van der Waals surface area (Å²) in [5.41, 5.74) is 6.16. The Hall–Kier alpha value is -3.28. The third-order valence-electron chi connectivity index (χ3n) is 5.15. The Kier molecular flexibility index (Phi) is 5.92. The fourth-order valence-corrected chi connectivity index (χ4v) is 3.65. The largest absolute Gasteiger partial charge is 0.497 e. The Morgan fingerprint density at radius 3 is 2.55 bits per heavy atom. The Morgan fingerprint density at radius 2 is 1.86 bits per heavy atom. The standard InChI is InChI=1S/C23H27N3O3/c1-14-12-24-21(16(3)22(14)29-6)13-25-23(27)20-10-15(2)26(17(20)4)18-8-7-9-19(11-18)28-5/h7-12H,13H2,1-6H3,(H,25,27). The van der Waals surface area contributed by atoms with Crippen molar-refractivity contribution in [2.45, 2.75) is 34.2 Å². The monoisotopic (exact) mass is 393 g/mol. The van der Waals surface area contributed by atoms with Gasteiger partial charge in [0.05, 0.1) is 32.0 Å². The molecule has 6 heteroatoms. The molecule has 0 bridgehead atoms. The molecule has 0 aliphatic heterocycles. The summed E-state index contributed by atoms with van der Waals surface area (Å²) in [6.07, 6.45) is 1.77. The molecule has 6 nitrogen and oxygen atoms in total. The number of aryl methyl sites for hydroxylation is 2. The molecule has 152 valence electrons. The highest BCUT2D eigenvalue weighted by Gasteiger charge is 2.18. The van der Waals surface area contributed by atoms with E-state index in [1.165, 1.54) is 0 Å². The van der Waals surface area contributed by atoms with Crippen molar-refractivity contribution >= 4 is 5.91 Å². The first-order valence-corrected chi connectivity index (χ1v) is 9.48. The van der Waals surface area contributed by atoms with Crippen LogP contribution in [0.25, 0.3) is 5.69 Å². The molecular formula is C23H27N3O3. The van der Waals surface area contributed by atoms with Gasteiger partial charge in [-0.3, -0.25) is 9.78 Å². The lowest BCUT2D eigenvalue weighted by molar-refractivity contribution is 0.0949. The minimum atomic E-state index is -0.131. The Balaban J connectivity index is 1.84. The molecule has 0 aliphatic rings. The number of benzene rings is 1. The number of carbonyl (C=O) groups is 1. The van der Waals surface area contributed by atoms with Gasteiger partial charge in [0, 0.05) is 40.5 Å². The van der Waals surface area contributed by atoms with Crippen LogP contribution in [0, 0.1) is 27.7 Å². The number of hydrogen-bond acceptors (Lipinski definition) is 4. The van der Waals surface area contributed by atoms with Crippen molar-refractivity contribution in [3.05, 3.63) is 70.3 Å². The highest BCUT2D eigenvalue weighted by molar-refractivity contribution is 5.95. The van der Waals surface area contributed by atoms with E-state index in [4.69, 9.17) is 9.47 Å². The van der Waals surface area contributed by atoms with Gasteiger partial charge < -0.3 is 19.4 Å². The van der Waals surface area contributed by atoms with Crippen LogP contribution in [0.5, 0.6) is 11.5 Å². The molecule has 1 aromatic carbocycles. The second kappa shape index (κ2) is 8.39. The van der Waals surface area contributed by atoms with Crippen LogP contribution >= 0.6 is 0 Å². The van der Waals surface area contributed by atoms with Gasteiger partial charge in [0.1, 0.15) is 11.5 Å². The first-order chi connectivity index (χ1) is 13.9. The highest BCUT2D eigenvalue weighted by Crippen LogP contribution is 2.25. The summed E-state index contributed by atoms with van der Waals surface area (Å²) in [5, 5.41) is 2.99. The molecule has 2 heterocycles. The maximum atomic E-state index is 12.9. The lowest BCUT2D eigenvalue weighted by Crippen LogP contribution is -2.24. The normalized spacial score (nSPS) is 10.7. The number of hydrogen-bond donors (Lipinski definition) is 1. The summed E-state index contributed by atoms with van der Waals surface area (Å²) in [6, 6.07) is 9.69. The van der Waals surface area contributed by atoms with E-state index in [2.05, 4.69) is 14.9 Å². The zero-order valence-corrected chi connectivity index (χ0v) is 17.8. The molecule has 0 saturated heterocycles. The third kappa shape index (κ3) is 3.97. The van der Waals surface area contributed by atoms with Gasteiger partial charge in [-0.05, 0) is 45.9 Å². The molecule has 0 fully saturated rings. The average Bonchev–Trinajstić information content (AvgIpc) is 3.01. The summed E-state index contributed by atoms with van der Waals surface area (Å²) >= 11 is 0. The Labute approximate surface area is 171 Å². The van der Waals surface area contributed by atoms with E-state index in [9.17, 15) is 4.79 Å². The molecule has 0 saturated carbocycles. The van der Waals surface area contributed by atoms with Crippen molar-refractivity contribution < 1.29 is 14.3 Å². The van der Waals surface area contributed by atoms with Gasteiger partial charge in [-0.2, -0.15) is 0 Å². The van der Waals surface area contributed by atoms with E-state index >= 15 is 0 Å². The van der Waals surface area contributed by atoms with Crippen LogP contribution in [-0.2, 0) is 6.54 Å². The number of amides is 1. The van der Waals surface area contributed by atoms with Crippen LogP contribution in [0.15, 0.2) is 36.5 Å². The molecule has 1 amide bonds. The van der Waals surface area contributed by atoms with Gasteiger partial charge in [0.2, 0.25) is 0 Å². The predicted molar refractivity (Wildman–Crippen MR) is 113 cm³/mol. The van der Waals surface area contributed by atoms with Crippen LogP contribution in [0.4, 0.5) is 0 Å². The molecule has 0 spiro atoms. The van der Waals surface area contributed by atoms with Crippen molar-refractivity contribution in [2.24, 2.45) is 0 Å². The van der Waals surface area contributed by atoms with Crippen molar-refractivity contribution in [2.75, 3.05) is 14.2 Å². The van der Waals surface area contributed by atoms with Crippen molar-refractivity contribution in [1.29, 1.82) is 0 Å². The number of nitrogens with one attached hydrogen (secondary N) is 1. The number of nitrogens with zero attached hydrogens (tertiary/aromatic N) is 2. The fraction of sp³-hybridized carbons (Fsp3) is 0.304. The molecule has 29 heavy (non-hydrogen) atoms. The van der Waals surface area contributed by atoms with Crippen molar-refractivity contribution in [3.63, 3.8) is 0 Å². The number of carbonyl (C=O) groups excluding carboxylic acids is 1. The van der Waals surface area contributed by atoms with Crippen molar-refractivity contribution in [1.82, 2.24) is 14.9 Å². The van der Waals surface area contributed by atoms with E-state index in [0.717, 1.165) is 45.4 Å². The number of rotatable bonds is 6. The van der Waals surface area contributed by atoms with Crippen LogP contribution in [0.3, 0.4) is 0 Å². The van der Waals surface area contributed by atoms with E-state index in [0.29, 0.717) is 12.1 Å². The van der Waals surface area contributed by atoms with E-state index < -0.39 is 0 Å². The van der Waals surface area contributed by atoms with Gasteiger partial charge >= 0.3 is 0 Å². The van der Waals surface area contributed by atoms with E-state index in [1.54, 1.807) is 20.4 Å². The molecule has 2 aromatic heterocycles. The maximum Gasteiger partial charge on any atom is 0.253 e. The highest BCUT2D eigenvalue weighted by atomic mass is 16.5. The second-order valence-electron chi connectivity index (χ2n) is 7.05. The second-order valence-corrected chi connectivity index (χ2v) is 7.05. The molecule has 0 atom stereocenters. The molecular weight excluding hydrogens is 366 g/mol. The topological polar surface area (TPSA) is 65.4 Å². The summed E-state index contributed by atoms with van der Waals surface area (Å²) in [5.74, 6) is 1.45. The number of methoxy groups -OCH3 is 2. The summed E-state index contributed by atoms with van der Waals surface area (Å²) in [7, 11) is 3.29. The Morgan fingerprint density at radius 1 is 1.10 bits per heavy atom. The number of aromatic nitrogens is 2. The van der Waals surface area contributed by atoms with Crippen LogP contribution in [-0.4, -0.2) is 29.7 Å². The zero-order chi connectivity index (χ0) is 21.1. The Bertz CT molecular complexity index is 1050. The molecule has 1 N–H and O–H groups in total. The van der Waals surface area contributed by atoms with E-state index in [-0.39, 0.29) is 5.91 Å². The number of ether oxygens (including phenoxy) is 2. The summed E-state index contributed by atoms with van der Waals surface area (Å²) < 4.78 is 12.8. The lowest BCUT2D eigenvalue weighted by atomic mass is 10.1. The first kappa shape index (κ1) is 20.5. The van der Waals surface area contributed by atoms with Crippen molar-refractivity contribution in [3.8, 4) is 17.2 Å².